The number of allylic oxidation sites excluding steroid dienone is 4. The molecule has 0 fully saturated rings. The van der Waals surface area contributed by atoms with Gasteiger partial charge in [-0.1, -0.05) is 0 Å². The van der Waals surface area contributed by atoms with Crippen molar-refractivity contribution in [2.45, 2.75) is 69.2 Å². The number of rotatable bonds is 14. The smallest absolute Gasteiger partial charge is 0.147 e. The Kier molecular flexibility index (Phi) is 20.4. The average Bonchev–Trinajstić information content (AvgIpc) is 3.30. The predicted molar refractivity (Wildman–Crippen MR) is 303 cm³/mol. The number of hydrogen-bond donors (Lipinski definition) is 0. The maximum Gasteiger partial charge on any atom is -0.147 e. The SMILES string of the molecule is CC1=C(C)C(C)[C]([Ti][Si](c2c(C)c(N(C)C)c(C)c(N(C)C)c2N(C)C)(c2c(C)c(N(C)C)c(C)c(N(C)C)c2N(C)C)c2c(C)c(N(C)C)c(C)c(N(C)C)c2N(C)C)=C1C.Cl.Cl.Cl. The molecule has 1 atom stereocenters. The molecule has 0 aromatic heterocycles. The van der Waals surface area contributed by atoms with Gasteiger partial charge in [-0.3, -0.25) is 0 Å². The zero-order chi connectivity index (χ0) is 47.7. The van der Waals surface area contributed by atoms with Crippen molar-refractivity contribution in [2.24, 2.45) is 5.92 Å². The first-order valence-electron chi connectivity index (χ1n) is 22.2. The van der Waals surface area contributed by atoms with Gasteiger partial charge in [0, 0.05) is 0 Å². The van der Waals surface area contributed by atoms with Gasteiger partial charge in [0.05, 0.1) is 0 Å². The quantitative estimate of drug-likeness (QED) is 0.116. The first-order chi connectivity index (χ1) is 28.5. The van der Waals surface area contributed by atoms with E-state index in [2.05, 4.69) is 240 Å². The Balaban J connectivity index is 0.00000704. The van der Waals surface area contributed by atoms with Crippen LogP contribution in [0.5, 0.6) is 0 Å². The van der Waals surface area contributed by atoms with Crippen LogP contribution in [0.3, 0.4) is 0 Å². The largest absolute Gasteiger partial charge is 0.147 e. The summed E-state index contributed by atoms with van der Waals surface area (Å²) in [6, 6.07) is 0. The van der Waals surface area contributed by atoms with Crippen molar-refractivity contribution in [3.63, 3.8) is 0 Å². The molecule has 14 heteroatoms. The van der Waals surface area contributed by atoms with Crippen LogP contribution >= 0.6 is 37.2 Å². The van der Waals surface area contributed by atoms with Crippen LogP contribution in [0.1, 0.15) is 61.1 Å². The van der Waals surface area contributed by atoms with Crippen LogP contribution in [0.15, 0.2) is 20.6 Å². The first kappa shape index (κ1) is 60.2. The third-order valence-electron chi connectivity index (χ3n) is 13.8. The summed E-state index contributed by atoms with van der Waals surface area (Å²) in [7, 11) is 40.8. The number of halogens is 3. The van der Waals surface area contributed by atoms with Crippen molar-refractivity contribution in [3.05, 3.63) is 54.0 Å². The molecular weight excluding hydrogens is 921 g/mol. The molecule has 3 aromatic carbocycles. The zero-order valence-electron chi connectivity index (χ0n) is 45.8. The van der Waals surface area contributed by atoms with Gasteiger partial charge in [-0.25, -0.2) is 0 Å². The molecule has 366 valence electrons. The Morgan fingerprint density at radius 1 is 0.308 bits per heavy atom. The van der Waals surface area contributed by atoms with Crippen LogP contribution in [-0.2, 0) is 18.4 Å². The molecule has 0 saturated carbocycles. The molecule has 3 aromatic rings. The summed E-state index contributed by atoms with van der Waals surface area (Å²) < 4.78 is 1.69. The summed E-state index contributed by atoms with van der Waals surface area (Å²) in [5.41, 5.74) is 24.6. The van der Waals surface area contributed by atoms with Gasteiger partial charge in [-0.2, -0.15) is 0 Å². The Bertz CT molecular complexity index is 2100. The summed E-state index contributed by atoms with van der Waals surface area (Å²) in [5.74, 6) is -3.00. The first-order valence-corrected chi connectivity index (χ1v) is 27.3. The van der Waals surface area contributed by atoms with Crippen LogP contribution in [0.25, 0.3) is 0 Å². The normalized spacial score (nSPS) is 13.5. The van der Waals surface area contributed by atoms with E-state index in [1.54, 1.807) is 19.4 Å². The zero-order valence-corrected chi connectivity index (χ0v) is 50.8. The van der Waals surface area contributed by atoms with Gasteiger partial charge in [0.25, 0.3) is 0 Å². The number of nitrogens with zero attached hydrogens (tertiary/aromatic N) is 9. The fourth-order valence-electron chi connectivity index (χ4n) is 11.6. The fraction of sp³-hybridized carbons (Fsp3) is 0.569. The van der Waals surface area contributed by atoms with Gasteiger partial charge in [0.15, 0.2) is 0 Å². The van der Waals surface area contributed by atoms with E-state index >= 15 is 0 Å². The summed E-state index contributed by atoms with van der Waals surface area (Å²) in [4.78, 5) is 21.8. The van der Waals surface area contributed by atoms with E-state index in [9.17, 15) is 0 Å². The second kappa shape index (κ2) is 22.1. The predicted octanol–water partition coefficient (Wildman–Crippen LogP) is 8.71. The van der Waals surface area contributed by atoms with Crippen LogP contribution in [0, 0.1) is 47.5 Å². The molecule has 1 aliphatic carbocycles. The number of anilines is 9. The fourth-order valence-corrected chi connectivity index (χ4v) is 28.2. The Labute approximate surface area is 425 Å². The van der Waals surface area contributed by atoms with Gasteiger partial charge in [-0.15, -0.1) is 37.2 Å². The maximum atomic E-state index is 2.51. The number of benzene rings is 3. The minimum Gasteiger partial charge on any atom is -0.147 e. The second-order valence-corrected chi connectivity index (χ2v) is 28.8. The van der Waals surface area contributed by atoms with E-state index in [1.807, 2.05) is 0 Å². The van der Waals surface area contributed by atoms with Crippen molar-refractivity contribution in [1.82, 2.24) is 0 Å². The second-order valence-electron chi connectivity index (χ2n) is 20.0. The molecule has 0 radical (unpaired) electrons. The topological polar surface area (TPSA) is 29.2 Å². The summed E-state index contributed by atoms with van der Waals surface area (Å²) >= 11 is -1.06. The van der Waals surface area contributed by atoms with Crippen LogP contribution < -0.4 is 59.7 Å². The minimum atomic E-state index is -3.36. The van der Waals surface area contributed by atoms with E-state index in [-0.39, 0.29) is 37.2 Å². The molecule has 0 amide bonds. The molecule has 0 bridgehead atoms. The summed E-state index contributed by atoms with van der Waals surface area (Å²) in [6.07, 6.45) is 0. The van der Waals surface area contributed by atoms with Gasteiger partial charge in [-0.05, 0) is 0 Å². The number of hydrogen-bond acceptors (Lipinski definition) is 9. The molecule has 0 saturated heterocycles. The molecule has 1 aliphatic rings. The van der Waals surface area contributed by atoms with Crippen LogP contribution in [0.2, 0.25) is 0 Å². The molecule has 0 spiro atoms. The molecule has 0 N–H and O–H groups in total. The summed E-state index contributed by atoms with van der Waals surface area (Å²) in [5, 5.41) is 4.64. The van der Waals surface area contributed by atoms with E-state index in [0.29, 0.717) is 5.92 Å². The van der Waals surface area contributed by atoms with Gasteiger partial charge in [0.2, 0.25) is 0 Å². The Morgan fingerprint density at radius 3 is 0.692 bits per heavy atom. The average molecular weight is 1010 g/mol. The van der Waals surface area contributed by atoms with Crippen molar-refractivity contribution in [2.75, 3.05) is 171 Å². The molecule has 65 heavy (non-hydrogen) atoms. The van der Waals surface area contributed by atoms with Crippen LogP contribution in [0.4, 0.5) is 51.2 Å². The molecular formula is C51H88Cl3N9SiTi. The van der Waals surface area contributed by atoms with E-state index in [0.717, 1.165) is 0 Å². The maximum absolute atomic E-state index is 3.36. The van der Waals surface area contributed by atoms with E-state index in [1.165, 1.54) is 101 Å². The monoisotopic (exact) mass is 1010 g/mol. The molecule has 0 heterocycles. The van der Waals surface area contributed by atoms with Gasteiger partial charge < -0.3 is 0 Å². The molecule has 1 unspecified atom stereocenters. The van der Waals surface area contributed by atoms with Gasteiger partial charge >= 0.3 is 391 Å². The summed E-state index contributed by atoms with van der Waals surface area (Å²) in [6.45, 7) is 24.2. The van der Waals surface area contributed by atoms with Crippen LogP contribution in [-0.4, -0.2) is 133 Å². The third-order valence-corrected chi connectivity index (χ3v) is 26.3. The van der Waals surface area contributed by atoms with Crippen molar-refractivity contribution in [1.29, 1.82) is 0 Å². The van der Waals surface area contributed by atoms with Crippen molar-refractivity contribution < 1.29 is 18.4 Å². The van der Waals surface area contributed by atoms with E-state index in [4.69, 9.17) is 0 Å². The van der Waals surface area contributed by atoms with Gasteiger partial charge in [0.1, 0.15) is 0 Å². The van der Waals surface area contributed by atoms with Crippen molar-refractivity contribution >= 4 is 110 Å². The standard InChI is InChI=1S/C42H72N9Si.C9H13.3ClH.Ti/c1-25-31(43(7)8)28(4)40(37(49(19)20)34(25)46(13)14)52(41-29(5)32(44(9)10)26(2)35(47(15)16)38(41)50(21)22)42-30(6)33(45(11)12)27(3)36(48(17)18)39(42)51(23)24;1-6-5-7(2)9(4)8(6)3;;;;/h1-24H3;6H,1-4H3;3*1H;. The molecule has 9 nitrogen and oxygen atoms in total. The third kappa shape index (κ3) is 9.74. The van der Waals surface area contributed by atoms with E-state index < -0.39 is 24.3 Å². The molecule has 0 aliphatic heterocycles. The van der Waals surface area contributed by atoms with Crippen molar-refractivity contribution in [3.8, 4) is 0 Å². The Morgan fingerprint density at radius 2 is 0.523 bits per heavy atom. The molecule has 4 rings (SSSR count). The Hall–Kier alpha value is -2.86. The minimum absolute atomic E-state index is 0.